The standard InChI is InChI=1S/C19H29N3O3/c1-25-13-10-20-14-19(24)21(12-9-17-6-3-2-4-7-17)15-18-8-5-11-22(18)16-23/h2-4,6-7,16,18,20H,5,8-15H2,1H3. The van der Waals surface area contributed by atoms with Crippen molar-refractivity contribution in [3.05, 3.63) is 35.9 Å². The van der Waals surface area contributed by atoms with Crippen LogP contribution in [0.25, 0.3) is 0 Å². The van der Waals surface area contributed by atoms with E-state index >= 15 is 0 Å². The van der Waals surface area contributed by atoms with E-state index in [1.807, 2.05) is 28.0 Å². The summed E-state index contributed by atoms with van der Waals surface area (Å²) in [5.41, 5.74) is 1.21. The molecule has 1 aliphatic rings. The fraction of sp³-hybridized carbons (Fsp3) is 0.579. The zero-order valence-electron chi connectivity index (χ0n) is 15.0. The van der Waals surface area contributed by atoms with Crippen molar-refractivity contribution in [2.75, 3.05) is 46.4 Å². The van der Waals surface area contributed by atoms with E-state index in [1.165, 1.54) is 5.56 Å². The van der Waals surface area contributed by atoms with E-state index in [0.29, 0.717) is 32.8 Å². The molecule has 1 atom stereocenters. The zero-order valence-corrected chi connectivity index (χ0v) is 15.0. The number of nitrogens with zero attached hydrogens (tertiary/aromatic N) is 2. The smallest absolute Gasteiger partial charge is 0.236 e. The van der Waals surface area contributed by atoms with E-state index in [9.17, 15) is 9.59 Å². The van der Waals surface area contributed by atoms with Gasteiger partial charge in [0.05, 0.1) is 13.2 Å². The van der Waals surface area contributed by atoms with Crippen molar-refractivity contribution in [3.63, 3.8) is 0 Å². The molecule has 1 saturated heterocycles. The topological polar surface area (TPSA) is 61.9 Å². The maximum atomic E-state index is 12.6. The first kappa shape index (κ1) is 19.4. The number of likely N-dealkylation sites (tertiary alicyclic amines) is 1. The van der Waals surface area contributed by atoms with Crippen molar-refractivity contribution in [1.29, 1.82) is 0 Å². The number of carbonyl (C=O) groups excluding carboxylic acids is 2. The van der Waals surface area contributed by atoms with Gasteiger partial charge in [-0.2, -0.15) is 0 Å². The maximum absolute atomic E-state index is 12.6. The van der Waals surface area contributed by atoms with E-state index < -0.39 is 0 Å². The van der Waals surface area contributed by atoms with E-state index in [1.54, 1.807) is 7.11 Å². The highest BCUT2D eigenvalue weighted by Crippen LogP contribution is 2.16. The van der Waals surface area contributed by atoms with Crippen molar-refractivity contribution in [2.45, 2.75) is 25.3 Å². The lowest BCUT2D eigenvalue weighted by Crippen LogP contribution is -2.46. The summed E-state index contributed by atoms with van der Waals surface area (Å²) in [7, 11) is 1.64. The van der Waals surface area contributed by atoms with Gasteiger partial charge in [0.15, 0.2) is 0 Å². The molecule has 6 heteroatoms. The number of ether oxygens (including phenoxy) is 1. The van der Waals surface area contributed by atoms with Gasteiger partial charge in [-0.1, -0.05) is 30.3 Å². The predicted molar refractivity (Wildman–Crippen MR) is 97.3 cm³/mol. The Labute approximate surface area is 150 Å². The second-order valence-corrected chi connectivity index (χ2v) is 6.38. The predicted octanol–water partition coefficient (Wildman–Crippen LogP) is 0.915. The Balaban J connectivity index is 1.92. The number of methoxy groups -OCH3 is 1. The van der Waals surface area contributed by atoms with E-state index in [0.717, 1.165) is 32.2 Å². The van der Waals surface area contributed by atoms with Crippen molar-refractivity contribution in [3.8, 4) is 0 Å². The van der Waals surface area contributed by atoms with Crippen LogP contribution in [-0.2, 0) is 20.7 Å². The first-order valence-electron chi connectivity index (χ1n) is 8.97. The van der Waals surface area contributed by atoms with Crippen LogP contribution >= 0.6 is 0 Å². The van der Waals surface area contributed by atoms with Crippen LogP contribution < -0.4 is 5.32 Å². The molecule has 1 heterocycles. The molecule has 0 bridgehead atoms. The van der Waals surface area contributed by atoms with Crippen molar-refractivity contribution in [1.82, 2.24) is 15.1 Å². The third-order valence-electron chi connectivity index (χ3n) is 4.61. The summed E-state index contributed by atoms with van der Waals surface area (Å²) in [6.07, 6.45) is 3.70. The summed E-state index contributed by atoms with van der Waals surface area (Å²) in [6.45, 7) is 3.60. The number of carbonyl (C=O) groups is 2. The molecule has 0 saturated carbocycles. The molecule has 1 aliphatic heterocycles. The van der Waals surface area contributed by atoms with Crippen molar-refractivity contribution in [2.24, 2.45) is 0 Å². The third kappa shape index (κ3) is 6.48. The maximum Gasteiger partial charge on any atom is 0.236 e. The summed E-state index contributed by atoms with van der Waals surface area (Å²) in [4.78, 5) is 27.5. The number of rotatable bonds is 11. The van der Waals surface area contributed by atoms with Gasteiger partial charge < -0.3 is 19.9 Å². The van der Waals surface area contributed by atoms with Gasteiger partial charge >= 0.3 is 0 Å². The molecule has 0 radical (unpaired) electrons. The summed E-state index contributed by atoms with van der Waals surface area (Å²) in [5.74, 6) is 0.0739. The van der Waals surface area contributed by atoms with Crippen molar-refractivity contribution < 1.29 is 14.3 Å². The lowest BCUT2D eigenvalue weighted by atomic mass is 10.1. The van der Waals surface area contributed by atoms with E-state index in [2.05, 4.69) is 17.4 Å². The Bertz CT molecular complexity index is 524. The molecule has 1 fully saturated rings. The van der Waals surface area contributed by atoms with Crippen LogP contribution in [0.1, 0.15) is 18.4 Å². The van der Waals surface area contributed by atoms with Gasteiger partial charge in [-0.05, 0) is 24.8 Å². The minimum Gasteiger partial charge on any atom is -0.383 e. The molecule has 1 unspecified atom stereocenters. The Hall–Kier alpha value is -1.92. The van der Waals surface area contributed by atoms with Crippen molar-refractivity contribution >= 4 is 12.3 Å². The normalized spacial score (nSPS) is 16.8. The van der Waals surface area contributed by atoms with Crippen LogP contribution in [0.15, 0.2) is 30.3 Å². The van der Waals surface area contributed by atoms with Crippen LogP contribution in [0.5, 0.6) is 0 Å². The molecule has 0 aromatic heterocycles. The molecule has 0 spiro atoms. The molecular formula is C19H29N3O3. The Kier molecular flexibility index (Phi) is 8.42. The van der Waals surface area contributed by atoms with Gasteiger partial charge in [0.2, 0.25) is 12.3 Å². The number of hydrogen-bond acceptors (Lipinski definition) is 4. The molecule has 25 heavy (non-hydrogen) atoms. The SMILES string of the molecule is COCCNCC(=O)N(CCc1ccccc1)CC1CCCN1C=O. The highest BCUT2D eigenvalue weighted by molar-refractivity contribution is 5.78. The largest absolute Gasteiger partial charge is 0.383 e. The highest BCUT2D eigenvalue weighted by atomic mass is 16.5. The summed E-state index contributed by atoms with van der Waals surface area (Å²) in [6, 6.07) is 10.3. The fourth-order valence-electron chi connectivity index (χ4n) is 3.16. The van der Waals surface area contributed by atoms with Gasteiger partial charge in [0.1, 0.15) is 0 Å². The third-order valence-corrected chi connectivity index (χ3v) is 4.61. The Morgan fingerprint density at radius 3 is 2.92 bits per heavy atom. The van der Waals surface area contributed by atoms with Gasteiger partial charge in [-0.25, -0.2) is 0 Å². The average molecular weight is 347 g/mol. The Morgan fingerprint density at radius 2 is 2.20 bits per heavy atom. The zero-order chi connectivity index (χ0) is 17.9. The van der Waals surface area contributed by atoms with Crippen LogP contribution in [0, 0.1) is 0 Å². The Morgan fingerprint density at radius 1 is 1.40 bits per heavy atom. The molecule has 1 N–H and O–H groups in total. The number of benzene rings is 1. The lowest BCUT2D eigenvalue weighted by molar-refractivity contribution is -0.132. The molecule has 1 aromatic rings. The minimum absolute atomic E-state index is 0.0739. The quantitative estimate of drug-likeness (QED) is 0.478. The summed E-state index contributed by atoms with van der Waals surface area (Å²) in [5, 5.41) is 3.12. The first-order chi connectivity index (χ1) is 12.2. The fourth-order valence-corrected chi connectivity index (χ4v) is 3.16. The van der Waals surface area contributed by atoms with E-state index in [4.69, 9.17) is 4.74 Å². The van der Waals surface area contributed by atoms with Gasteiger partial charge in [0.25, 0.3) is 0 Å². The van der Waals surface area contributed by atoms with Crippen LogP contribution in [0.4, 0.5) is 0 Å². The summed E-state index contributed by atoms with van der Waals surface area (Å²) >= 11 is 0. The molecule has 138 valence electrons. The number of hydrogen-bond donors (Lipinski definition) is 1. The molecule has 6 nitrogen and oxygen atoms in total. The molecule has 2 rings (SSSR count). The second-order valence-electron chi connectivity index (χ2n) is 6.38. The summed E-state index contributed by atoms with van der Waals surface area (Å²) < 4.78 is 4.99. The molecule has 0 aliphatic carbocycles. The monoisotopic (exact) mass is 347 g/mol. The minimum atomic E-state index is 0.0739. The highest BCUT2D eigenvalue weighted by Gasteiger charge is 2.26. The lowest BCUT2D eigenvalue weighted by Gasteiger charge is -2.29. The van der Waals surface area contributed by atoms with Gasteiger partial charge in [-0.15, -0.1) is 0 Å². The van der Waals surface area contributed by atoms with Gasteiger partial charge in [-0.3, -0.25) is 9.59 Å². The van der Waals surface area contributed by atoms with Gasteiger partial charge in [0, 0.05) is 39.3 Å². The van der Waals surface area contributed by atoms with Crippen LogP contribution in [-0.4, -0.2) is 74.6 Å². The second kappa shape index (κ2) is 10.8. The average Bonchev–Trinajstić information content (AvgIpc) is 3.10. The number of nitrogens with one attached hydrogen (secondary N) is 1. The molecule has 2 amide bonds. The number of amides is 2. The molecule has 1 aromatic carbocycles. The van der Waals surface area contributed by atoms with Crippen LogP contribution in [0.2, 0.25) is 0 Å². The van der Waals surface area contributed by atoms with Crippen LogP contribution in [0.3, 0.4) is 0 Å². The first-order valence-corrected chi connectivity index (χ1v) is 8.97. The molecular weight excluding hydrogens is 318 g/mol. The van der Waals surface area contributed by atoms with E-state index in [-0.39, 0.29) is 11.9 Å².